The van der Waals surface area contributed by atoms with Crippen LogP contribution in [-0.2, 0) is 0 Å². The van der Waals surface area contributed by atoms with Crippen LogP contribution >= 0.6 is 34.8 Å². The summed E-state index contributed by atoms with van der Waals surface area (Å²) in [6, 6.07) is 9.43. The van der Waals surface area contributed by atoms with Crippen molar-refractivity contribution in [2.24, 2.45) is 0 Å². The van der Waals surface area contributed by atoms with Gasteiger partial charge in [0.2, 0.25) is 0 Å². The van der Waals surface area contributed by atoms with Gasteiger partial charge in [-0.1, -0.05) is 46.9 Å². The summed E-state index contributed by atoms with van der Waals surface area (Å²) in [5.74, 6) is 0. The normalized spacial score (nSPS) is 10.4. The van der Waals surface area contributed by atoms with Crippen LogP contribution in [0.25, 0.3) is 11.1 Å². The summed E-state index contributed by atoms with van der Waals surface area (Å²) < 4.78 is 0. The Morgan fingerprint density at radius 2 is 1.72 bits per heavy atom. The summed E-state index contributed by atoms with van der Waals surface area (Å²) in [6.45, 7) is 0. The summed E-state index contributed by atoms with van der Waals surface area (Å²) in [5.41, 5.74) is 0.890. The first-order valence-electron chi connectivity index (χ1n) is 4.89. The minimum Gasteiger partial charge on any atom is -0.258 e. The number of halogens is 3. The Morgan fingerprint density at radius 3 is 2.39 bits per heavy atom. The predicted octanol–water partition coefficient (Wildman–Crippen LogP) is 5.22. The summed E-state index contributed by atoms with van der Waals surface area (Å²) in [6.07, 6.45) is 0. The highest BCUT2D eigenvalue weighted by molar-refractivity contribution is 6.38. The number of nitro benzene ring substituents is 1. The van der Waals surface area contributed by atoms with Gasteiger partial charge in [-0.05, 0) is 18.2 Å². The van der Waals surface area contributed by atoms with Gasteiger partial charge in [0.05, 0.1) is 4.92 Å². The van der Waals surface area contributed by atoms with E-state index in [1.807, 2.05) is 0 Å². The van der Waals surface area contributed by atoms with Crippen molar-refractivity contribution in [1.29, 1.82) is 0 Å². The molecule has 0 saturated heterocycles. The standard InChI is InChI=1S/C12H6Cl3NO2/c13-7-4-5-10(14)9(6-7)8-2-1-3-11(12(8)15)16(17)18/h1-6H. The molecular formula is C12H6Cl3NO2. The largest absolute Gasteiger partial charge is 0.288 e. The monoisotopic (exact) mass is 301 g/mol. The molecule has 0 aromatic heterocycles. The average molecular weight is 303 g/mol. The zero-order valence-corrected chi connectivity index (χ0v) is 11.1. The van der Waals surface area contributed by atoms with Crippen LogP contribution in [0, 0.1) is 10.1 Å². The Bertz CT molecular complexity index is 629. The topological polar surface area (TPSA) is 43.1 Å². The van der Waals surface area contributed by atoms with Crippen molar-refractivity contribution in [3.63, 3.8) is 0 Å². The van der Waals surface area contributed by atoms with Crippen molar-refractivity contribution >= 4 is 40.5 Å². The molecule has 0 aliphatic carbocycles. The lowest BCUT2D eigenvalue weighted by atomic mass is 10.0. The lowest BCUT2D eigenvalue weighted by Gasteiger charge is -2.07. The summed E-state index contributed by atoms with van der Waals surface area (Å²) in [7, 11) is 0. The Kier molecular flexibility index (Phi) is 3.76. The lowest BCUT2D eigenvalue weighted by molar-refractivity contribution is -0.384. The fourth-order valence-electron chi connectivity index (χ4n) is 1.57. The van der Waals surface area contributed by atoms with Crippen LogP contribution in [0.3, 0.4) is 0 Å². The average Bonchev–Trinajstić information content (AvgIpc) is 2.32. The summed E-state index contributed by atoms with van der Waals surface area (Å²) in [4.78, 5) is 10.3. The van der Waals surface area contributed by atoms with Crippen LogP contribution in [0.4, 0.5) is 5.69 Å². The van der Waals surface area contributed by atoms with E-state index in [0.717, 1.165) is 0 Å². The molecule has 0 amide bonds. The van der Waals surface area contributed by atoms with Crippen LogP contribution in [0.15, 0.2) is 36.4 Å². The summed E-state index contributed by atoms with van der Waals surface area (Å²) in [5, 5.41) is 11.8. The maximum atomic E-state index is 10.8. The van der Waals surface area contributed by atoms with Gasteiger partial charge in [0.25, 0.3) is 5.69 Å². The number of hydrogen-bond donors (Lipinski definition) is 0. The minimum atomic E-state index is -0.537. The van der Waals surface area contributed by atoms with E-state index in [4.69, 9.17) is 34.8 Å². The third-order valence-electron chi connectivity index (χ3n) is 2.39. The number of hydrogen-bond acceptors (Lipinski definition) is 2. The van der Waals surface area contributed by atoms with Crippen molar-refractivity contribution < 1.29 is 4.92 Å². The Hall–Kier alpha value is -1.29. The van der Waals surface area contributed by atoms with Gasteiger partial charge in [0.15, 0.2) is 0 Å². The maximum Gasteiger partial charge on any atom is 0.288 e. The van der Waals surface area contributed by atoms with Crippen molar-refractivity contribution in [2.75, 3.05) is 0 Å². The zero-order chi connectivity index (χ0) is 13.3. The number of nitro groups is 1. The van der Waals surface area contributed by atoms with E-state index in [2.05, 4.69) is 0 Å². The van der Waals surface area contributed by atoms with Crippen molar-refractivity contribution in [1.82, 2.24) is 0 Å². The second-order valence-electron chi connectivity index (χ2n) is 3.52. The van der Waals surface area contributed by atoms with E-state index < -0.39 is 4.92 Å². The van der Waals surface area contributed by atoms with E-state index in [0.29, 0.717) is 21.2 Å². The zero-order valence-electron chi connectivity index (χ0n) is 8.86. The Labute approximate surface area is 118 Å². The van der Waals surface area contributed by atoms with E-state index in [9.17, 15) is 10.1 Å². The summed E-state index contributed by atoms with van der Waals surface area (Å²) >= 11 is 18.0. The Morgan fingerprint density at radius 1 is 1.00 bits per heavy atom. The van der Waals surface area contributed by atoms with Crippen molar-refractivity contribution in [3.8, 4) is 11.1 Å². The molecular weight excluding hydrogens is 296 g/mol. The smallest absolute Gasteiger partial charge is 0.258 e. The highest BCUT2D eigenvalue weighted by atomic mass is 35.5. The molecule has 0 spiro atoms. The Balaban J connectivity index is 2.68. The number of benzene rings is 2. The van der Waals surface area contributed by atoms with Gasteiger partial charge in [-0.25, -0.2) is 0 Å². The predicted molar refractivity (Wildman–Crippen MR) is 73.6 cm³/mol. The minimum absolute atomic E-state index is 0.0478. The third kappa shape index (κ3) is 2.43. The van der Waals surface area contributed by atoms with Gasteiger partial charge in [-0.3, -0.25) is 10.1 Å². The molecule has 0 heterocycles. The van der Waals surface area contributed by atoms with E-state index in [-0.39, 0.29) is 10.7 Å². The van der Waals surface area contributed by atoms with Gasteiger partial charge in [0.1, 0.15) is 5.02 Å². The van der Waals surface area contributed by atoms with Crippen molar-refractivity contribution in [2.45, 2.75) is 0 Å². The molecule has 92 valence electrons. The lowest BCUT2D eigenvalue weighted by Crippen LogP contribution is -1.91. The molecule has 0 N–H and O–H groups in total. The molecule has 6 heteroatoms. The molecule has 2 aromatic carbocycles. The molecule has 0 aliphatic heterocycles. The van der Waals surface area contributed by atoms with E-state index >= 15 is 0 Å². The molecule has 2 rings (SSSR count). The highest BCUT2D eigenvalue weighted by Crippen LogP contribution is 2.39. The van der Waals surface area contributed by atoms with E-state index in [1.165, 1.54) is 6.07 Å². The second kappa shape index (κ2) is 5.14. The van der Waals surface area contributed by atoms with Crippen LogP contribution in [-0.4, -0.2) is 4.92 Å². The maximum absolute atomic E-state index is 10.8. The van der Waals surface area contributed by atoms with Crippen LogP contribution in [0.1, 0.15) is 0 Å². The molecule has 0 aliphatic rings. The molecule has 0 fully saturated rings. The van der Waals surface area contributed by atoms with Gasteiger partial charge >= 0.3 is 0 Å². The molecule has 0 radical (unpaired) electrons. The fourth-order valence-corrected chi connectivity index (χ4v) is 2.26. The molecule has 0 saturated carbocycles. The van der Waals surface area contributed by atoms with Crippen molar-refractivity contribution in [3.05, 3.63) is 61.6 Å². The first kappa shape index (κ1) is 13.1. The quantitative estimate of drug-likeness (QED) is 0.563. The van der Waals surface area contributed by atoms with Crippen LogP contribution in [0.5, 0.6) is 0 Å². The number of rotatable bonds is 2. The third-order valence-corrected chi connectivity index (χ3v) is 3.36. The first-order chi connectivity index (χ1) is 8.50. The molecule has 0 unspecified atom stereocenters. The SMILES string of the molecule is O=[N+]([O-])c1cccc(-c2cc(Cl)ccc2Cl)c1Cl. The molecule has 18 heavy (non-hydrogen) atoms. The molecule has 3 nitrogen and oxygen atoms in total. The van der Waals surface area contributed by atoms with Crippen LogP contribution < -0.4 is 0 Å². The number of nitrogens with zero attached hydrogens (tertiary/aromatic N) is 1. The fraction of sp³-hybridized carbons (Fsp3) is 0. The highest BCUT2D eigenvalue weighted by Gasteiger charge is 2.17. The van der Waals surface area contributed by atoms with E-state index in [1.54, 1.807) is 30.3 Å². The van der Waals surface area contributed by atoms with Crippen LogP contribution in [0.2, 0.25) is 15.1 Å². The molecule has 0 atom stereocenters. The first-order valence-corrected chi connectivity index (χ1v) is 6.02. The van der Waals surface area contributed by atoms with Gasteiger partial charge in [0, 0.05) is 27.2 Å². The van der Waals surface area contributed by atoms with Gasteiger partial charge < -0.3 is 0 Å². The second-order valence-corrected chi connectivity index (χ2v) is 4.74. The van der Waals surface area contributed by atoms with Gasteiger partial charge in [-0.15, -0.1) is 0 Å². The molecule has 2 aromatic rings. The molecule has 0 bridgehead atoms. The van der Waals surface area contributed by atoms with Gasteiger partial charge in [-0.2, -0.15) is 0 Å².